The molecule has 0 radical (unpaired) electrons. The summed E-state index contributed by atoms with van der Waals surface area (Å²) in [6.07, 6.45) is 3.39. The monoisotopic (exact) mass is 450 g/mol. The third-order valence-electron chi connectivity index (χ3n) is 6.60. The van der Waals surface area contributed by atoms with Crippen molar-refractivity contribution in [3.8, 4) is 0 Å². The van der Waals surface area contributed by atoms with Gasteiger partial charge < -0.3 is 20.4 Å². The summed E-state index contributed by atoms with van der Waals surface area (Å²) in [6, 6.07) is 10.9. The standard InChI is InChI=1S/C23H27ClN8/c24-19-21(26-17-14-16(17)15-6-2-1-3-7-15)28-20-18(27-19)22(31-10-4-5-11-31)30-23(29-20)32-12-8-25-9-13-32/h1-3,6-7,16-17,25H,4-5,8-14H2,(H,26,28,29,30). The topological polar surface area (TPSA) is 82.1 Å². The van der Waals surface area contributed by atoms with E-state index in [-0.39, 0.29) is 0 Å². The first-order valence-electron chi connectivity index (χ1n) is 11.5. The Morgan fingerprint density at radius 1 is 0.906 bits per heavy atom. The van der Waals surface area contributed by atoms with Crippen LogP contribution in [0.4, 0.5) is 17.6 Å². The molecule has 1 aromatic carbocycles. The fourth-order valence-electron chi connectivity index (χ4n) is 4.75. The molecule has 3 fully saturated rings. The van der Waals surface area contributed by atoms with E-state index in [0.29, 0.717) is 34.1 Å². The van der Waals surface area contributed by atoms with Crippen molar-refractivity contribution in [2.75, 3.05) is 54.4 Å². The van der Waals surface area contributed by atoms with E-state index in [4.69, 9.17) is 31.5 Å². The molecule has 6 rings (SSSR count). The number of hydrogen-bond donors (Lipinski definition) is 2. The van der Waals surface area contributed by atoms with Crippen molar-refractivity contribution >= 4 is 40.3 Å². The molecule has 2 unspecified atom stereocenters. The van der Waals surface area contributed by atoms with Crippen molar-refractivity contribution < 1.29 is 0 Å². The Hall–Kier alpha value is -2.71. The van der Waals surface area contributed by atoms with E-state index in [0.717, 1.165) is 70.3 Å². The molecule has 1 aliphatic carbocycles. The van der Waals surface area contributed by atoms with Crippen molar-refractivity contribution in [3.05, 3.63) is 41.0 Å². The Morgan fingerprint density at radius 2 is 1.69 bits per heavy atom. The summed E-state index contributed by atoms with van der Waals surface area (Å²) >= 11 is 6.61. The summed E-state index contributed by atoms with van der Waals surface area (Å²) in [5.74, 6) is 2.68. The van der Waals surface area contributed by atoms with Gasteiger partial charge >= 0.3 is 0 Å². The number of nitrogens with zero attached hydrogens (tertiary/aromatic N) is 6. The van der Waals surface area contributed by atoms with Gasteiger partial charge in [-0.2, -0.15) is 9.97 Å². The van der Waals surface area contributed by atoms with Gasteiger partial charge in [-0.25, -0.2) is 9.97 Å². The van der Waals surface area contributed by atoms with Crippen LogP contribution in [0.3, 0.4) is 0 Å². The van der Waals surface area contributed by atoms with E-state index in [9.17, 15) is 0 Å². The molecule has 4 heterocycles. The van der Waals surface area contributed by atoms with Crippen molar-refractivity contribution in [2.45, 2.75) is 31.2 Å². The van der Waals surface area contributed by atoms with E-state index in [1.54, 1.807) is 0 Å². The van der Waals surface area contributed by atoms with Gasteiger partial charge in [0.25, 0.3) is 0 Å². The molecule has 0 spiro atoms. The van der Waals surface area contributed by atoms with Gasteiger partial charge in [0.1, 0.15) is 0 Å². The Kier molecular flexibility index (Phi) is 5.19. The number of anilines is 3. The zero-order chi connectivity index (χ0) is 21.5. The van der Waals surface area contributed by atoms with E-state index in [1.165, 1.54) is 5.56 Å². The molecule has 2 aliphatic heterocycles. The Bertz CT molecular complexity index is 1110. The van der Waals surface area contributed by atoms with Crippen molar-refractivity contribution in [1.82, 2.24) is 25.3 Å². The maximum Gasteiger partial charge on any atom is 0.229 e. The van der Waals surface area contributed by atoms with Gasteiger partial charge in [0.15, 0.2) is 28.0 Å². The Labute approximate surface area is 192 Å². The van der Waals surface area contributed by atoms with E-state index in [2.05, 4.69) is 44.7 Å². The van der Waals surface area contributed by atoms with Gasteiger partial charge in [0, 0.05) is 51.2 Å². The summed E-state index contributed by atoms with van der Waals surface area (Å²) in [4.78, 5) is 23.9. The number of benzene rings is 1. The highest BCUT2D eigenvalue weighted by molar-refractivity contribution is 6.32. The number of rotatable bonds is 5. The van der Waals surface area contributed by atoms with E-state index in [1.807, 2.05) is 6.07 Å². The first-order chi connectivity index (χ1) is 15.8. The van der Waals surface area contributed by atoms with Crippen LogP contribution < -0.4 is 20.4 Å². The minimum absolute atomic E-state index is 0.314. The highest BCUT2D eigenvalue weighted by atomic mass is 35.5. The zero-order valence-corrected chi connectivity index (χ0v) is 18.7. The average Bonchev–Trinajstić information content (AvgIpc) is 3.38. The first kappa shape index (κ1) is 19.9. The van der Waals surface area contributed by atoms with Gasteiger partial charge in [0.05, 0.1) is 0 Å². The van der Waals surface area contributed by atoms with E-state index < -0.39 is 0 Å². The molecule has 3 aromatic rings. The van der Waals surface area contributed by atoms with E-state index >= 15 is 0 Å². The number of piperazine rings is 1. The lowest BCUT2D eigenvalue weighted by Crippen LogP contribution is -2.44. The zero-order valence-electron chi connectivity index (χ0n) is 18.0. The second-order valence-electron chi connectivity index (χ2n) is 8.82. The molecule has 2 saturated heterocycles. The quantitative estimate of drug-likeness (QED) is 0.613. The minimum Gasteiger partial charge on any atom is -0.364 e. The number of aromatic nitrogens is 4. The number of hydrogen-bond acceptors (Lipinski definition) is 8. The normalized spacial score (nSPS) is 23.0. The lowest BCUT2D eigenvalue weighted by Gasteiger charge is -2.28. The summed E-state index contributed by atoms with van der Waals surface area (Å²) < 4.78 is 0. The SMILES string of the molecule is Clc1nc2c(N3CCCC3)nc(N3CCNCC3)nc2nc1NC1CC1c1ccccc1. The molecule has 2 N–H and O–H groups in total. The molecule has 0 bridgehead atoms. The molecule has 32 heavy (non-hydrogen) atoms. The van der Waals surface area contributed by atoms with Gasteiger partial charge in [-0.1, -0.05) is 41.9 Å². The molecular weight excluding hydrogens is 424 g/mol. The third-order valence-corrected chi connectivity index (χ3v) is 6.87. The van der Waals surface area contributed by atoms with Crippen LogP contribution in [0.1, 0.15) is 30.7 Å². The van der Waals surface area contributed by atoms with Crippen LogP contribution in [0.5, 0.6) is 0 Å². The van der Waals surface area contributed by atoms with Gasteiger partial charge in [-0.15, -0.1) is 0 Å². The Morgan fingerprint density at radius 3 is 2.47 bits per heavy atom. The fraction of sp³-hybridized carbons (Fsp3) is 0.478. The van der Waals surface area contributed by atoms with Crippen LogP contribution in [0.15, 0.2) is 30.3 Å². The van der Waals surface area contributed by atoms with Crippen LogP contribution in [-0.2, 0) is 0 Å². The lowest BCUT2D eigenvalue weighted by atomic mass is 10.1. The number of fused-ring (bicyclic) bond motifs is 1. The van der Waals surface area contributed by atoms with Crippen LogP contribution in [0.2, 0.25) is 5.15 Å². The largest absolute Gasteiger partial charge is 0.364 e. The first-order valence-corrected chi connectivity index (χ1v) is 11.9. The lowest BCUT2D eigenvalue weighted by molar-refractivity contribution is 0.580. The molecule has 2 atom stereocenters. The molecule has 2 aromatic heterocycles. The number of halogens is 1. The second kappa shape index (κ2) is 8.33. The molecule has 3 aliphatic rings. The maximum absolute atomic E-state index is 6.61. The fourth-order valence-corrected chi connectivity index (χ4v) is 4.93. The van der Waals surface area contributed by atoms with Crippen molar-refractivity contribution in [2.24, 2.45) is 0 Å². The summed E-state index contributed by atoms with van der Waals surface area (Å²) in [7, 11) is 0. The van der Waals surface area contributed by atoms with Crippen molar-refractivity contribution in [1.29, 1.82) is 0 Å². The minimum atomic E-state index is 0.314. The highest BCUT2D eigenvalue weighted by Gasteiger charge is 2.39. The maximum atomic E-state index is 6.61. The predicted octanol–water partition coefficient (Wildman–Crippen LogP) is 3.05. The molecule has 1 saturated carbocycles. The van der Waals surface area contributed by atoms with Crippen LogP contribution in [0, 0.1) is 0 Å². The van der Waals surface area contributed by atoms with Gasteiger partial charge in [-0.05, 0) is 24.8 Å². The summed E-state index contributed by atoms with van der Waals surface area (Å²) in [5, 5.41) is 7.29. The molecule has 8 nitrogen and oxygen atoms in total. The molecule has 166 valence electrons. The van der Waals surface area contributed by atoms with Gasteiger partial charge in [0.2, 0.25) is 5.95 Å². The molecule has 9 heteroatoms. The van der Waals surface area contributed by atoms with Gasteiger partial charge in [-0.3, -0.25) is 0 Å². The second-order valence-corrected chi connectivity index (χ2v) is 9.18. The van der Waals surface area contributed by atoms with Crippen molar-refractivity contribution in [3.63, 3.8) is 0 Å². The summed E-state index contributed by atoms with van der Waals surface area (Å²) in [6.45, 7) is 5.60. The van der Waals surface area contributed by atoms with Crippen LogP contribution >= 0.6 is 11.6 Å². The van der Waals surface area contributed by atoms with Crippen LogP contribution in [-0.4, -0.2) is 65.2 Å². The molecule has 0 amide bonds. The Balaban J connectivity index is 1.34. The number of nitrogens with one attached hydrogen (secondary N) is 2. The predicted molar refractivity (Wildman–Crippen MR) is 128 cm³/mol. The highest BCUT2D eigenvalue weighted by Crippen LogP contribution is 2.43. The average molecular weight is 451 g/mol. The summed E-state index contributed by atoms with van der Waals surface area (Å²) in [5.41, 5.74) is 2.64. The van der Waals surface area contributed by atoms with Crippen LogP contribution in [0.25, 0.3) is 11.2 Å². The third kappa shape index (κ3) is 3.82. The molecular formula is C23H27ClN8. The smallest absolute Gasteiger partial charge is 0.229 e.